The monoisotopic (exact) mass is 468 g/mol. The molecule has 1 saturated heterocycles. The van der Waals surface area contributed by atoms with Gasteiger partial charge in [-0.15, -0.1) is 0 Å². The molecule has 0 bridgehead atoms. The van der Waals surface area contributed by atoms with Gasteiger partial charge in [0.15, 0.2) is 0 Å². The van der Waals surface area contributed by atoms with Crippen LogP contribution >= 0.6 is 0 Å². The molecule has 0 N–H and O–H groups in total. The Morgan fingerprint density at radius 3 is 2.26 bits per heavy atom. The van der Waals surface area contributed by atoms with Crippen LogP contribution in [0.3, 0.4) is 0 Å². The van der Waals surface area contributed by atoms with Crippen molar-refractivity contribution in [2.24, 2.45) is 5.92 Å². The van der Waals surface area contributed by atoms with Crippen molar-refractivity contribution in [1.29, 1.82) is 0 Å². The average Bonchev–Trinajstić information content (AvgIpc) is 2.88. The Balaban J connectivity index is 1.45. The first-order valence-electron chi connectivity index (χ1n) is 13.3. The van der Waals surface area contributed by atoms with Gasteiger partial charge >= 0.3 is 0 Å². The molecule has 1 aliphatic heterocycles. The molecule has 0 aliphatic carbocycles. The van der Waals surface area contributed by atoms with Crippen LogP contribution in [0, 0.1) is 12.8 Å². The zero-order valence-corrected chi connectivity index (χ0v) is 21.9. The summed E-state index contributed by atoms with van der Waals surface area (Å²) in [6, 6.07) is 23.9. The average molecular weight is 469 g/mol. The van der Waals surface area contributed by atoms with Crippen LogP contribution in [0.5, 0.6) is 0 Å². The molecule has 3 aromatic rings. The van der Waals surface area contributed by atoms with Gasteiger partial charge in [-0.25, -0.2) is 0 Å². The molecular weight excluding hydrogens is 428 g/mol. The molecule has 4 rings (SSSR count). The summed E-state index contributed by atoms with van der Waals surface area (Å²) >= 11 is 0. The molecule has 1 fully saturated rings. The topological polar surface area (TPSA) is 23.6 Å². The van der Waals surface area contributed by atoms with Crippen LogP contribution in [0.1, 0.15) is 60.7 Å². The first kappa shape index (κ1) is 25.0. The Bertz CT molecular complexity index is 1120. The zero-order chi connectivity index (χ0) is 24.8. The minimum absolute atomic E-state index is 0.152. The van der Waals surface area contributed by atoms with Gasteiger partial charge in [0.2, 0.25) is 0 Å². The highest BCUT2D eigenvalue weighted by atomic mass is 16.2. The van der Waals surface area contributed by atoms with E-state index < -0.39 is 0 Å². The standard InChI is InChI=1S/C32H40N2O/c1-5-6-9-26-13-16-27(17-14-26)28-15-12-25(4)30(23-28)32(35)34-20-18-33(19-21-34)31-11-8-7-10-29(31)22-24(2)3/h7-8,10-17,23-24H,5-6,9,18-22H2,1-4H3. The summed E-state index contributed by atoms with van der Waals surface area (Å²) in [5.41, 5.74) is 8.27. The van der Waals surface area contributed by atoms with Gasteiger partial charge in [0, 0.05) is 37.4 Å². The van der Waals surface area contributed by atoms with Crippen molar-refractivity contribution in [1.82, 2.24) is 4.90 Å². The maximum absolute atomic E-state index is 13.5. The van der Waals surface area contributed by atoms with Crippen LogP contribution in [0.25, 0.3) is 11.1 Å². The number of unbranched alkanes of at least 4 members (excludes halogenated alkanes) is 1. The van der Waals surface area contributed by atoms with Crippen molar-refractivity contribution in [3.63, 3.8) is 0 Å². The summed E-state index contributed by atoms with van der Waals surface area (Å²) < 4.78 is 0. The van der Waals surface area contributed by atoms with E-state index in [2.05, 4.69) is 92.4 Å². The normalized spacial score (nSPS) is 14.0. The Kier molecular flexibility index (Phi) is 8.28. The highest BCUT2D eigenvalue weighted by Crippen LogP contribution is 2.27. The fraction of sp³-hybridized carbons (Fsp3) is 0.406. The summed E-state index contributed by atoms with van der Waals surface area (Å²) in [4.78, 5) is 18.0. The van der Waals surface area contributed by atoms with E-state index in [1.54, 1.807) is 0 Å². The Labute approximate surface area is 211 Å². The number of carbonyl (C=O) groups is 1. The lowest BCUT2D eigenvalue weighted by Gasteiger charge is -2.37. The number of anilines is 1. The molecule has 184 valence electrons. The molecule has 0 unspecified atom stereocenters. The summed E-state index contributed by atoms with van der Waals surface area (Å²) in [5, 5.41) is 0. The van der Waals surface area contributed by atoms with Crippen LogP contribution in [0.4, 0.5) is 5.69 Å². The minimum Gasteiger partial charge on any atom is -0.368 e. The third kappa shape index (κ3) is 6.14. The molecule has 0 spiro atoms. The molecule has 0 atom stereocenters. The molecule has 1 heterocycles. The van der Waals surface area contributed by atoms with E-state index in [4.69, 9.17) is 0 Å². The predicted octanol–water partition coefficient (Wildman–Crippen LogP) is 7.17. The van der Waals surface area contributed by atoms with Crippen LogP contribution in [-0.4, -0.2) is 37.0 Å². The fourth-order valence-corrected chi connectivity index (χ4v) is 5.03. The number of rotatable bonds is 8. The first-order valence-corrected chi connectivity index (χ1v) is 13.3. The quantitative estimate of drug-likeness (QED) is 0.350. The second-order valence-corrected chi connectivity index (χ2v) is 10.3. The molecule has 35 heavy (non-hydrogen) atoms. The molecule has 1 aliphatic rings. The maximum atomic E-state index is 13.5. The van der Waals surface area contributed by atoms with E-state index in [1.807, 2.05) is 11.8 Å². The number of para-hydroxylation sites is 1. The van der Waals surface area contributed by atoms with Crippen LogP contribution in [0.2, 0.25) is 0 Å². The van der Waals surface area contributed by atoms with Gasteiger partial charge in [0.25, 0.3) is 5.91 Å². The van der Waals surface area contributed by atoms with Crippen molar-refractivity contribution in [3.05, 3.63) is 89.0 Å². The van der Waals surface area contributed by atoms with Gasteiger partial charge in [0.1, 0.15) is 0 Å². The van der Waals surface area contributed by atoms with Gasteiger partial charge in [-0.3, -0.25) is 4.79 Å². The summed E-state index contributed by atoms with van der Waals surface area (Å²) in [7, 11) is 0. The van der Waals surface area contributed by atoms with Crippen molar-refractivity contribution >= 4 is 11.6 Å². The molecule has 3 heteroatoms. The highest BCUT2D eigenvalue weighted by molar-refractivity contribution is 5.97. The number of carbonyl (C=O) groups excluding carboxylic acids is 1. The maximum Gasteiger partial charge on any atom is 0.254 e. The van der Waals surface area contributed by atoms with E-state index in [-0.39, 0.29) is 5.91 Å². The predicted molar refractivity (Wildman–Crippen MR) is 148 cm³/mol. The lowest BCUT2D eigenvalue weighted by Crippen LogP contribution is -2.49. The third-order valence-electron chi connectivity index (χ3n) is 7.10. The fourth-order valence-electron chi connectivity index (χ4n) is 5.03. The van der Waals surface area contributed by atoms with E-state index in [0.717, 1.165) is 55.7 Å². The number of amides is 1. The number of benzene rings is 3. The number of piperazine rings is 1. The van der Waals surface area contributed by atoms with Crippen LogP contribution in [0.15, 0.2) is 66.7 Å². The van der Waals surface area contributed by atoms with Gasteiger partial charge in [-0.05, 0) is 72.1 Å². The molecule has 0 aromatic heterocycles. The smallest absolute Gasteiger partial charge is 0.254 e. The van der Waals surface area contributed by atoms with E-state index >= 15 is 0 Å². The summed E-state index contributed by atoms with van der Waals surface area (Å²) in [6.45, 7) is 12.1. The van der Waals surface area contributed by atoms with E-state index in [9.17, 15) is 4.79 Å². The van der Waals surface area contributed by atoms with Gasteiger partial charge in [0.05, 0.1) is 0 Å². The van der Waals surface area contributed by atoms with Crippen LogP contribution < -0.4 is 4.90 Å². The van der Waals surface area contributed by atoms with Crippen molar-refractivity contribution in [2.45, 2.75) is 53.4 Å². The number of hydrogen-bond donors (Lipinski definition) is 0. The first-order chi connectivity index (χ1) is 17.0. The largest absolute Gasteiger partial charge is 0.368 e. The lowest BCUT2D eigenvalue weighted by atomic mass is 9.97. The second kappa shape index (κ2) is 11.6. The third-order valence-corrected chi connectivity index (χ3v) is 7.10. The zero-order valence-electron chi connectivity index (χ0n) is 21.9. The SMILES string of the molecule is CCCCc1ccc(-c2ccc(C)c(C(=O)N3CCN(c4ccccc4CC(C)C)CC3)c2)cc1. The number of nitrogens with zero attached hydrogens (tertiary/aromatic N) is 2. The van der Waals surface area contributed by atoms with Gasteiger partial charge in [-0.1, -0.05) is 81.8 Å². The van der Waals surface area contributed by atoms with Crippen LogP contribution in [-0.2, 0) is 12.8 Å². The Morgan fingerprint density at radius 1 is 0.886 bits per heavy atom. The Hall–Kier alpha value is -3.07. The molecule has 0 radical (unpaired) electrons. The summed E-state index contributed by atoms with van der Waals surface area (Å²) in [5.74, 6) is 0.779. The lowest BCUT2D eigenvalue weighted by molar-refractivity contribution is 0.0746. The van der Waals surface area contributed by atoms with Crippen molar-refractivity contribution < 1.29 is 4.79 Å². The van der Waals surface area contributed by atoms with Gasteiger partial charge < -0.3 is 9.80 Å². The minimum atomic E-state index is 0.152. The van der Waals surface area contributed by atoms with E-state index in [1.165, 1.54) is 35.2 Å². The van der Waals surface area contributed by atoms with Crippen molar-refractivity contribution in [3.8, 4) is 11.1 Å². The molecule has 3 nitrogen and oxygen atoms in total. The summed E-state index contributed by atoms with van der Waals surface area (Å²) in [6.07, 6.45) is 4.65. The van der Waals surface area contributed by atoms with E-state index in [0.29, 0.717) is 5.92 Å². The van der Waals surface area contributed by atoms with Gasteiger partial charge in [-0.2, -0.15) is 0 Å². The highest BCUT2D eigenvalue weighted by Gasteiger charge is 2.24. The number of hydrogen-bond acceptors (Lipinski definition) is 2. The second-order valence-electron chi connectivity index (χ2n) is 10.3. The Morgan fingerprint density at radius 2 is 1.57 bits per heavy atom. The van der Waals surface area contributed by atoms with Crippen molar-refractivity contribution in [2.75, 3.05) is 31.1 Å². The molecule has 0 saturated carbocycles. The molecular formula is C32H40N2O. The molecule has 3 aromatic carbocycles. The molecule has 1 amide bonds. The number of aryl methyl sites for hydroxylation is 2.